The Morgan fingerprint density at radius 2 is 1.50 bits per heavy atom. The highest BCUT2D eigenvalue weighted by atomic mass is 35.7. The van der Waals surface area contributed by atoms with Gasteiger partial charge in [0, 0.05) is 10.7 Å². The van der Waals surface area contributed by atoms with Gasteiger partial charge in [0.25, 0.3) is 9.05 Å². The Morgan fingerprint density at radius 1 is 0.950 bits per heavy atom. The van der Waals surface area contributed by atoms with Gasteiger partial charge >= 0.3 is 0 Å². The predicted octanol–water partition coefficient (Wildman–Crippen LogP) is 4.39. The first kappa shape index (κ1) is 14.8. The largest absolute Gasteiger partial charge is 0.506 e. The fraction of sp³-hybridized carbons (Fsp3) is 0. The van der Waals surface area contributed by atoms with E-state index >= 15 is 0 Å². The molecule has 5 nitrogen and oxygen atoms in total. The molecule has 0 saturated heterocycles. The molecule has 0 aliphatic rings. The van der Waals surface area contributed by atoms with Crippen molar-refractivity contribution in [2.24, 2.45) is 10.2 Å². The van der Waals surface area contributed by atoms with E-state index in [4.69, 9.17) is 22.3 Å². The molecule has 0 aliphatic carbocycles. The third kappa shape index (κ3) is 3.69. The molecule has 0 spiro atoms. The van der Waals surface area contributed by atoms with Crippen LogP contribution in [0.2, 0.25) is 5.02 Å². The Balaban J connectivity index is 2.21. The lowest BCUT2D eigenvalue weighted by Crippen LogP contribution is -1.88. The highest BCUT2D eigenvalue weighted by molar-refractivity contribution is 8.13. The van der Waals surface area contributed by atoms with Gasteiger partial charge in [0.1, 0.15) is 5.75 Å². The van der Waals surface area contributed by atoms with E-state index in [9.17, 15) is 13.5 Å². The van der Waals surface area contributed by atoms with E-state index in [-0.39, 0.29) is 15.7 Å². The van der Waals surface area contributed by atoms with Gasteiger partial charge in [-0.2, -0.15) is 10.2 Å². The average Bonchev–Trinajstić information content (AvgIpc) is 2.40. The van der Waals surface area contributed by atoms with Crippen LogP contribution in [0.15, 0.2) is 57.6 Å². The van der Waals surface area contributed by atoms with Gasteiger partial charge in [-0.15, -0.1) is 0 Å². The van der Waals surface area contributed by atoms with Gasteiger partial charge in [-0.3, -0.25) is 0 Å². The summed E-state index contributed by atoms with van der Waals surface area (Å²) in [6.45, 7) is 0. The summed E-state index contributed by atoms with van der Waals surface area (Å²) in [6, 6.07) is 10.0. The lowest BCUT2D eigenvalue weighted by atomic mass is 10.3. The molecule has 0 heterocycles. The molecule has 2 rings (SSSR count). The van der Waals surface area contributed by atoms with Crippen molar-refractivity contribution in [1.29, 1.82) is 0 Å². The SMILES string of the molecule is O=S(=O)(Cl)c1ccc(/N=N/c2ccc(O)c(Cl)c2)cc1. The zero-order valence-electron chi connectivity index (χ0n) is 9.86. The van der Waals surface area contributed by atoms with E-state index in [2.05, 4.69) is 10.2 Å². The summed E-state index contributed by atoms with van der Waals surface area (Å²) in [5.41, 5.74) is 0.917. The number of nitrogens with zero attached hydrogens (tertiary/aromatic N) is 2. The molecule has 104 valence electrons. The van der Waals surface area contributed by atoms with Crippen LogP contribution in [0.4, 0.5) is 11.4 Å². The highest BCUT2D eigenvalue weighted by Crippen LogP contribution is 2.28. The first-order valence-corrected chi connectivity index (χ1v) is 8.00. The minimum atomic E-state index is -3.74. The van der Waals surface area contributed by atoms with Gasteiger partial charge < -0.3 is 5.11 Å². The van der Waals surface area contributed by atoms with Crippen molar-refractivity contribution in [2.45, 2.75) is 4.90 Å². The number of halogens is 2. The number of aromatic hydroxyl groups is 1. The quantitative estimate of drug-likeness (QED) is 0.669. The van der Waals surface area contributed by atoms with E-state index in [1.54, 1.807) is 6.07 Å². The summed E-state index contributed by atoms with van der Waals surface area (Å²) in [5.74, 6) is -0.0395. The number of hydrogen-bond donors (Lipinski definition) is 1. The molecular weight excluding hydrogens is 323 g/mol. The first-order valence-electron chi connectivity index (χ1n) is 5.31. The predicted molar refractivity (Wildman–Crippen MR) is 76.8 cm³/mol. The highest BCUT2D eigenvalue weighted by Gasteiger charge is 2.08. The summed E-state index contributed by atoms with van der Waals surface area (Å²) < 4.78 is 22.1. The summed E-state index contributed by atoms with van der Waals surface area (Å²) >= 11 is 5.73. The molecule has 2 aromatic rings. The summed E-state index contributed by atoms with van der Waals surface area (Å²) in [4.78, 5) is -0.00852. The second-order valence-corrected chi connectivity index (χ2v) is 6.74. The number of azo groups is 1. The van der Waals surface area contributed by atoms with Gasteiger partial charge in [-0.05, 0) is 42.5 Å². The molecule has 0 amide bonds. The van der Waals surface area contributed by atoms with Crippen LogP contribution in [0.5, 0.6) is 5.75 Å². The second-order valence-electron chi connectivity index (χ2n) is 3.77. The molecule has 0 bridgehead atoms. The minimum Gasteiger partial charge on any atom is -0.506 e. The monoisotopic (exact) mass is 330 g/mol. The number of benzene rings is 2. The lowest BCUT2D eigenvalue weighted by Gasteiger charge is -1.98. The molecule has 0 aromatic heterocycles. The van der Waals surface area contributed by atoms with Crippen LogP contribution in [0.3, 0.4) is 0 Å². The van der Waals surface area contributed by atoms with Gasteiger partial charge in [0.05, 0.1) is 21.3 Å². The summed E-state index contributed by atoms with van der Waals surface area (Å²) in [7, 11) is 1.45. The van der Waals surface area contributed by atoms with Crippen LogP contribution in [0, 0.1) is 0 Å². The van der Waals surface area contributed by atoms with Crippen molar-refractivity contribution in [1.82, 2.24) is 0 Å². The molecule has 20 heavy (non-hydrogen) atoms. The van der Waals surface area contributed by atoms with E-state index in [0.717, 1.165) is 0 Å². The Kier molecular flexibility index (Phi) is 4.27. The van der Waals surface area contributed by atoms with Gasteiger partial charge in [0.15, 0.2) is 0 Å². The van der Waals surface area contributed by atoms with Crippen molar-refractivity contribution >= 4 is 42.7 Å². The number of hydrogen-bond acceptors (Lipinski definition) is 5. The van der Waals surface area contributed by atoms with Crippen molar-refractivity contribution in [2.75, 3.05) is 0 Å². The maximum Gasteiger partial charge on any atom is 0.261 e. The molecule has 0 radical (unpaired) electrons. The van der Waals surface area contributed by atoms with Crippen molar-refractivity contribution in [3.8, 4) is 5.75 Å². The number of phenols is 1. The molecule has 0 unspecified atom stereocenters. The van der Waals surface area contributed by atoms with Crippen LogP contribution >= 0.6 is 22.3 Å². The standard InChI is InChI=1S/C12H8Cl2N2O3S/c13-11-7-9(3-6-12(11)17)16-15-8-1-4-10(5-2-8)20(14,18)19/h1-7,17H/b16-15+. The van der Waals surface area contributed by atoms with Crippen LogP contribution in [-0.4, -0.2) is 13.5 Å². The topological polar surface area (TPSA) is 79.1 Å². The molecule has 0 fully saturated rings. The van der Waals surface area contributed by atoms with Crippen LogP contribution < -0.4 is 0 Å². The maximum absolute atomic E-state index is 11.1. The Hall–Kier alpha value is -1.63. The van der Waals surface area contributed by atoms with Crippen molar-refractivity contribution in [3.63, 3.8) is 0 Å². The normalized spacial score (nSPS) is 11.9. The van der Waals surface area contributed by atoms with Gasteiger partial charge in [-0.25, -0.2) is 8.42 Å². The van der Waals surface area contributed by atoms with Crippen LogP contribution in [0.25, 0.3) is 0 Å². The maximum atomic E-state index is 11.1. The molecule has 1 N–H and O–H groups in total. The number of rotatable bonds is 3. The van der Waals surface area contributed by atoms with Gasteiger partial charge in [0.2, 0.25) is 0 Å². The van der Waals surface area contributed by atoms with E-state index < -0.39 is 9.05 Å². The van der Waals surface area contributed by atoms with Crippen LogP contribution in [-0.2, 0) is 9.05 Å². The molecule has 0 saturated carbocycles. The average molecular weight is 331 g/mol. The zero-order valence-corrected chi connectivity index (χ0v) is 12.2. The van der Waals surface area contributed by atoms with E-state index in [1.807, 2.05) is 0 Å². The van der Waals surface area contributed by atoms with E-state index in [0.29, 0.717) is 11.4 Å². The summed E-state index contributed by atoms with van der Waals surface area (Å²) in [6.07, 6.45) is 0. The van der Waals surface area contributed by atoms with Crippen molar-refractivity contribution < 1.29 is 13.5 Å². The zero-order chi connectivity index (χ0) is 14.8. The number of phenolic OH excluding ortho intramolecular Hbond substituents is 1. The smallest absolute Gasteiger partial charge is 0.261 e. The second kappa shape index (κ2) is 5.78. The lowest BCUT2D eigenvalue weighted by molar-refractivity contribution is 0.475. The van der Waals surface area contributed by atoms with E-state index in [1.165, 1.54) is 36.4 Å². The molecule has 0 atom stereocenters. The fourth-order valence-electron chi connectivity index (χ4n) is 1.35. The molecule has 0 aliphatic heterocycles. The van der Waals surface area contributed by atoms with Crippen molar-refractivity contribution in [3.05, 3.63) is 47.5 Å². The minimum absolute atomic E-state index is 0.00852. The Labute approximate surface area is 124 Å². The molecule has 2 aromatic carbocycles. The fourth-order valence-corrected chi connectivity index (χ4v) is 2.29. The Morgan fingerprint density at radius 3 is 2.05 bits per heavy atom. The first-order chi connectivity index (χ1) is 9.36. The van der Waals surface area contributed by atoms with Gasteiger partial charge in [-0.1, -0.05) is 11.6 Å². The third-order valence-electron chi connectivity index (χ3n) is 2.33. The molecular formula is C12H8Cl2N2O3S. The Bertz CT molecular complexity index is 759. The third-order valence-corrected chi connectivity index (χ3v) is 4.00. The summed E-state index contributed by atoms with van der Waals surface area (Å²) in [5, 5.41) is 17.3. The molecule has 8 heteroatoms. The van der Waals surface area contributed by atoms with Crippen LogP contribution in [0.1, 0.15) is 0 Å².